The van der Waals surface area contributed by atoms with Crippen LogP contribution in [0.3, 0.4) is 0 Å². The molecule has 0 bridgehead atoms. The predicted octanol–water partition coefficient (Wildman–Crippen LogP) is 4.47. The molecule has 2 N–H and O–H groups in total. The lowest BCUT2D eigenvalue weighted by Gasteiger charge is -2.05. The topological polar surface area (TPSA) is 45.4 Å². The number of halogens is 1. The average molecular weight is 339 g/mol. The highest BCUT2D eigenvalue weighted by atomic mass is 19.1. The van der Waals surface area contributed by atoms with E-state index in [1.165, 1.54) is 12.1 Å². The molecule has 0 radical (unpaired) electrons. The largest absolute Gasteiger partial charge is 0.460 e. The third kappa shape index (κ3) is 4.78. The Labute approximate surface area is 147 Å². The van der Waals surface area contributed by atoms with E-state index in [2.05, 4.69) is 5.32 Å². The van der Waals surface area contributed by atoms with Crippen LogP contribution in [0.15, 0.2) is 65.1 Å². The van der Waals surface area contributed by atoms with E-state index < -0.39 is 6.10 Å². The average Bonchev–Trinajstić information content (AvgIpc) is 3.09. The van der Waals surface area contributed by atoms with Crippen LogP contribution in [0.1, 0.15) is 29.9 Å². The Morgan fingerprint density at radius 1 is 1.00 bits per heavy atom. The van der Waals surface area contributed by atoms with Crippen LogP contribution in [0, 0.1) is 5.82 Å². The number of rotatable bonds is 7. The van der Waals surface area contributed by atoms with Crippen molar-refractivity contribution >= 4 is 0 Å². The molecule has 4 heteroatoms. The zero-order valence-electron chi connectivity index (χ0n) is 14.2. The van der Waals surface area contributed by atoms with Crippen LogP contribution in [-0.4, -0.2) is 11.7 Å². The molecule has 3 nitrogen and oxygen atoms in total. The van der Waals surface area contributed by atoms with Crippen LogP contribution in [-0.2, 0) is 13.0 Å². The first kappa shape index (κ1) is 17.4. The summed E-state index contributed by atoms with van der Waals surface area (Å²) < 4.78 is 18.7. The maximum atomic E-state index is 12.9. The summed E-state index contributed by atoms with van der Waals surface area (Å²) in [6.45, 7) is 3.19. The Bertz CT molecular complexity index is 792. The van der Waals surface area contributed by atoms with Crippen molar-refractivity contribution in [2.75, 3.05) is 6.54 Å². The minimum Gasteiger partial charge on any atom is -0.460 e. The maximum absolute atomic E-state index is 12.9. The van der Waals surface area contributed by atoms with E-state index in [-0.39, 0.29) is 5.82 Å². The van der Waals surface area contributed by atoms with Crippen molar-refractivity contribution in [1.29, 1.82) is 0 Å². The molecule has 0 spiro atoms. The van der Waals surface area contributed by atoms with E-state index in [9.17, 15) is 9.50 Å². The molecule has 1 unspecified atom stereocenters. The van der Waals surface area contributed by atoms with Gasteiger partial charge in [-0.1, -0.05) is 36.4 Å². The molecular weight excluding hydrogens is 317 g/mol. The van der Waals surface area contributed by atoms with Crippen LogP contribution in [0.4, 0.5) is 4.39 Å². The van der Waals surface area contributed by atoms with Crippen LogP contribution >= 0.6 is 0 Å². The van der Waals surface area contributed by atoms with Gasteiger partial charge in [0.05, 0.1) is 12.6 Å². The normalized spacial score (nSPS) is 12.3. The molecular formula is C21H22FNO2. The second kappa shape index (κ2) is 8.10. The number of furan rings is 1. The Kier molecular flexibility index (Phi) is 5.64. The van der Waals surface area contributed by atoms with Gasteiger partial charge < -0.3 is 14.8 Å². The highest BCUT2D eigenvalue weighted by Crippen LogP contribution is 2.24. The monoisotopic (exact) mass is 339 g/mol. The van der Waals surface area contributed by atoms with Gasteiger partial charge in [0.25, 0.3) is 0 Å². The lowest BCUT2D eigenvalue weighted by molar-refractivity contribution is 0.199. The summed E-state index contributed by atoms with van der Waals surface area (Å²) >= 11 is 0. The third-order valence-corrected chi connectivity index (χ3v) is 4.14. The van der Waals surface area contributed by atoms with Gasteiger partial charge in [-0.25, -0.2) is 4.39 Å². The zero-order chi connectivity index (χ0) is 17.6. The molecule has 130 valence electrons. The number of nitrogens with one attached hydrogen (secondary N) is 1. The first-order valence-electron chi connectivity index (χ1n) is 8.44. The van der Waals surface area contributed by atoms with E-state index in [4.69, 9.17) is 4.42 Å². The summed E-state index contributed by atoms with van der Waals surface area (Å²) in [4.78, 5) is 0. The molecule has 3 rings (SSSR count). The number of hydrogen-bond acceptors (Lipinski definition) is 3. The first-order chi connectivity index (χ1) is 12.1. The number of aliphatic hydroxyl groups is 1. The fourth-order valence-corrected chi connectivity index (χ4v) is 2.65. The second-order valence-electron chi connectivity index (χ2n) is 6.12. The predicted molar refractivity (Wildman–Crippen MR) is 96.6 cm³/mol. The van der Waals surface area contributed by atoms with Gasteiger partial charge in [-0.05, 0) is 55.3 Å². The van der Waals surface area contributed by atoms with Gasteiger partial charge in [0.15, 0.2) is 0 Å². The molecule has 0 fully saturated rings. The quantitative estimate of drug-likeness (QED) is 0.624. The summed E-state index contributed by atoms with van der Waals surface area (Å²) in [5, 5.41) is 12.9. The molecule has 2 aromatic carbocycles. The van der Waals surface area contributed by atoms with Gasteiger partial charge in [-0.2, -0.15) is 0 Å². The van der Waals surface area contributed by atoms with Crippen molar-refractivity contribution in [3.63, 3.8) is 0 Å². The lowest BCUT2D eigenvalue weighted by atomic mass is 10.1. The van der Waals surface area contributed by atoms with Crippen molar-refractivity contribution in [3.8, 4) is 11.3 Å². The Hall–Kier alpha value is -2.43. The van der Waals surface area contributed by atoms with Gasteiger partial charge in [0.1, 0.15) is 17.3 Å². The Balaban J connectivity index is 1.50. The van der Waals surface area contributed by atoms with E-state index in [1.54, 1.807) is 19.1 Å². The van der Waals surface area contributed by atoms with E-state index in [0.29, 0.717) is 6.54 Å². The molecule has 0 amide bonds. The van der Waals surface area contributed by atoms with Crippen molar-refractivity contribution in [3.05, 3.63) is 83.4 Å². The number of benzene rings is 2. The molecule has 1 aromatic heterocycles. The fourth-order valence-electron chi connectivity index (χ4n) is 2.65. The maximum Gasteiger partial charge on any atom is 0.134 e. The van der Waals surface area contributed by atoms with Crippen LogP contribution in [0.25, 0.3) is 11.3 Å². The van der Waals surface area contributed by atoms with Gasteiger partial charge in [0.2, 0.25) is 0 Å². The standard InChI is InChI=1S/C21H22FNO2/c1-15(24)17-4-6-18(7-5-17)21-11-10-20(25-21)14-23-13-12-16-2-8-19(22)9-3-16/h2-11,15,23-24H,12-14H2,1H3. The lowest BCUT2D eigenvalue weighted by Crippen LogP contribution is -2.16. The van der Waals surface area contributed by atoms with Gasteiger partial charge >= 0.3 is 0 Å². The smallest absolute Gasteiger partial charge is 0.134 e. The molecule has 1 atom stereocenters. The van der Waals surface area contributed by atoms with E-state index >= 15 is 0 Å². The Morgan fingerprint density at radius 2 is 1.72 bits per heavy atom. The second-order valence-corrected chi connectivity index (χ2v) is 6.12. The van der Waals surface area contributed by atoms with Crippen LogP contribution < -0.4 is 5.32 Å². The highest BCUT2D eigenvalue weighted by molar-refractivity contribution is 5.58. The molecule has 0 aliphatic carbocycles. The third-order valence-electron chi connectivity index (χ3n) is 4.14. The van der Waals surface area contributed by atoms with Crippen molar-refractivity contribution < 1.29 is 13.9 Å². The minimum atomic E-state index is -0.466. The van der Waals surface area contributed by atoms with Crippen molar-refractivity contribution in [2.24, 2.45) is 0 Å². The Morgan fingerprint density at radius 3 is 2.40 bits per heavy atom. The molecule has 0 saturated heterocycles. The molecule has 0 aliphatic heterocycles. The van der Waals surface area contributed by atoms with Gasteiger partial charge in [-0.3, -0.25) is 0 Å². The molecule has 1 heterocycles. The van der Waals surface area contributed by atoms with Crippen LogP contribution in [0.2, 0.25) is 0 Å². The SMILES string of the molecule is CC(O)c1ccc(-c2ccc(CNCCc3ccc(F)cc3)o2)cc1. The minimum absolute atomic E-state index is 0.207. The summed E-state index contributed by atoms with van der Waals surface area (Å²) in [7, 11) is 0. The van der Waals surface area contributed by atoms with E-state index in [1.807, 2.05) is 36.4 Å². The molecule has 0 saturated carbocycles. The van der Waals surface area contributed by atoms with Gasteiger partial charge in [-0.15, -0.1) is 0 Å². The summed E-state index contributed by atoms with van der Waals surface area (Å²) in [6.07, 6.45) is 0.376. The summed E-state index contributed by atoms with van der Waals surface area (Å²) in [5.41, 5.74) is 2.98. The summed E-state index contributed by atoms with van der Waals surface area (Å²) in [5.74, 6) is 1.47. The first-order valence-corrected chi connectivity index (χ1v) is 8.44. The zero-order valence-corrected chi connectivity index (χ0v) is 14.2. The van der Waals surface area contributed by atoms with Gasteiger partial charge in [0, 0.05) is 5.56 Å². The number of aliphatic hydroxyl groups excluding tert-OH is 1. The van der Waals surface area contributed by atoms with Crippen molar-refractivity contribution in [1.82, 2.24) is 5.32 Å². The van der Waals surface area contributed by atoms with Crippen LogP contribution in [0.5, 0.6) is 0 Å². The molecule has 0 aliphatic rings. The van der Waals surface area contributed by atoms with Crippen molar-refractivity contribution in [2.45, 2.75) is 26.0 Å². The number of hydrogen-bond donors (Lipinski definition) is 2. The molecule has 3 aromatic rings. The fraction of sp³-hybridized carbons (Fsp3) is 0.238. The highest BCUT2D eigenvalue weighted by Gasteiger charge is 2.06. The van der Waals surface area contributed by atoms with E-state index in [0.717, 1.165) is 41.2 Å². The summed E-state index contributed by atoms with van der Waals surface area (Å²) in [6, 6.07) is 18.2. The molecule has 25 heavy (non-hydrogen) atoms.